The van der Waals surface area contributed by atoms with Gasteiger partial charge in [-0.1, -0.05) is 34.1 Å². The van der Waals surface area contributed by atoms with Gasteiger partial charge in [-0.3, -0.25) is 9.10 Å². The van der Waals surface area contributed by atoms with Crippen LogP contribution in [-0.2, 0) is 16.6 Å². The van der Waals surface area contributed by atoms with Crippen molar-refractivity contribution >= 4 is 43.8 Å². The molecule has 0 bridgehead atoms. The summed E-state index contributed by atoms with van der Waals surface area (Å²) in [5.41, 5.74) is 10.5. The van der Waals surface area contributed by atoms with Crippen molar-refractivity contribution < 1.29 is 13.2 Å². The number of rotatable bonds is 8. The van der Waals surface area contributed by atoms with Gasteiger partial charge in [0, 0.05) is 32.7 Å². The number of anilines is 1. The van der Waals surface area contributed by atoms with Gasteiger partial charge in [-0.25, -0.2) is 13.8 Å². The molecule has 4 aromatic rings. The number of nitrogens with zero attached hydrogens (tertiary/aromatic N) is 3. The first-order valence-corrected chi connectivity index (χ1v) is 15.0. The highest BCUT2D eigenvalue weighted by molar-refractivity contribution is 9.10. The second kappa shape index (κ2) is 11.6. The number of amides is 1. The summed E-state index contributed by atoms with van der Waals surface area (Å²) in [6.07, 6.45) is 2.83. The molecule has 1 N–H and O–H groups in total. The summed E-state index contributed by atoms with van der Waals surface area (Å²) in [6, 6.07) is 22.5. The Morgan fingerprint density at radius 1 is 0.949 bits per heavy atom. The quantitative estimate of drug-likeness (QED) is 0.191. The molecule has 39 heavy (non-hydrogen) atoms. The smallest absolute Gasteiger partial charge is 0.271 e. The number of hydrogen-bond acceptors (Lipinski definition) is 4. The Hall–Kier alpha value is -3.69. The minimum atomic E-state index is -3.50. The second-order valence-corrected chi connectivity index (χ2v) is 12.4. The first-order chi connectivity index (χ1) is 18.4. The maximum atomic E-state index is 12.7. The van der Waals surface area contributed by atoms with Crippen LogP contribution in [0.3, 0.4) is 0 Å². The normalized spacial score (nSPS) is 11.6. The zero-order valence-corrected chi connectivity index (χ0v) is 25.0. The molecule has 7 nitrogen and oxygen atoms in total. The Morgan fingerprint density at radius 3 is 2.23 bits per heavy atom. The predicted molar refractivity (Wildman–Crippen MR) is 161 cm³/mol. The maximum Gasteiger partial charge on any atom is 0.271 e. The van der Waals surface area contributed by atoms with Crippen molar-refractivity contribution in [2.24, 2.45) is 5.10 Å². The van der Waals surface area contributed by atoms with Crippen LogP contribution in [0.25, 0.3) is 5.69 Å². The molecule has 0 aliphatic carbocycles. The summed E-state index contributed by atoms with van der Waals surface area (Å²) in [6.45, 7) is 8.14. The number of benzene rings is 3. The van der Waals surface area contributed by atoms with Gasteiger partial charge in [0.1, 0.15) is 0 Å². The Balaban J connectivity index is 1.44. The molecule has 0 radical (unpaired) electrons. The first-order valence-electron chi connectivity index (χ1n) is 12.4. The molecular weight excluding hydrogens is 576 g/mol. The number of nitrogens with one attached hydrogen (secondary N) is 1. The summed E-state index contributed by atoms with van der Waals surface area (Å²) >= 11 is 3.47. The SMILES string of the molecule is Cc1ccc(N(Cc2ccc(C(=O)N/N=C\c3cc(C)n(-c4ccc(Br)cc4)c3C)cc2)S(C)(=O)=O)cc1C. The zero-order valence-electron chi connectivity index (χ0n) is 22.6. The molecule has 0 fully saturated rings. The summed E-state index contributed by atoms with van der Waals surface area (Å²) in [5, 5.41) is 4.17. The van der Waals surface area contributed by atoms with Gasteiger partial charge < -0.3 is 4.57 Å². The van der Waals surface area contributed by atoms with Gasteiger partial charge in [-0.05, 0) is 99.0 Å². The van der Waals surface area contributed by atoms with E-state index in [9.17, 15) is 13.2 Å². The minimum absolute atomic E-state index is 0.162. The van der Waals surface area contributed by atoms with Crippen molar-refractivity contribution in [3.05, 3.63) is 116 Å². The van der Waals surface area contributed by atoms with E-state index in [2.05, 4.69) is 31.0 Å². The van der Waals surface area contributed by atoms with E-state index in [1.807, 2.05) is 70.2 Å². The van der Waals surface area contributed by atoms with Crippen molar-refractivity contribution in [1.29, 1.82) is 0 Å². The van der Waals surface area contributed by atoms with Crippen LogP contribution in [0, 0.1) is 27.7 Å². The van der Waals surface area contributed by atoms with Gasteiger partial charge in [0.05, 0.1) is 24.7 Å². The van der Waals surface area contributed by atoms with E-state index >= 15 is 0 Å². The highest BCUT2D eigenvalue weighted by atomic mass is 79.9. The van der Waals surface area contributed by atoms with Crippen LogP contribution in [0.1, 0.15) is 44.0 Å². The number of aromatic nitrogens is 1. The number of carbonyl (C=O) groups excluding carboxylic acids is 1. The van der Waals surface area contributed by atoms with Gasteiger partial charge >= 0.3 is 0 Å². The fourth-order valence-corrected chi connectivity index (χ4v) is 5.48. The molecule has 3 aromatic carbocycles. The van der Waals surface area contributed by atoms with Gasteiger partial charge in [0.2, 0.25) is 10.0 Å². The summed E-state index contributed by atoms with van der Waals surface area (Å²) < 4.78 is 29.6. The lowest BCUT2D eigenvalue weighted by molar-refractivity contribution is 0.0955. The lowest BCUT2D eigenvalue weighted by Gasteiger charge is -2.23. The van der Waals surface area contributed by atoms with E-state index in [1.165, 1.54) is 10.6 Å². The monoisotopic (exact) mass is 606 g/mol. The Morgan fingerprint density at radius 2 is 1.62 bits per heavy atom. The molecule has 0 saturated carbocycles. The van der Waals surface area contributed by atoms with E-state index in [0.717, 1.165) is 43.8 Å². The van der Waals surface area contributed by atoms with Crippen LogP contribution in [-0.4, -0.2) is 31.4 Å². The summed E-state index contributed by atoms with van der Waals surface area (Å²) in [7, 11) is -3.50. The average molecular weight is 608 g/mol. The van der Waals surface area contributed by atoms with Crippen molar-refractivity contribution in [2.45, 2.75) is 34.2 Å². The second-order valence-electron chi connectivity index (χ2n) is 9.57. The van der Waals surface area contributed by atoms with Gasteiger partial charge in [0.25, 0.3) is 5.91 Å². The van der Waals surface area contributed by atoms with Crippen molar-refractivity contribution in [2.75, 3.05) is 10.6 Å². The number of halogens is 1. The summed E-state index contributed by atoms with van der Waals surface area (Å²) in [4.78, 5) is 12.7. The van der Waals surface area contributed by atoms with E-state index < -0.39 is 10.0 Å². The van der Waals surface area contributed by atoms with E-state index in [1.54, 1.807) is 36.5 Å². The topological polar surface area (TPSA) is 83.8 Å². The first kappa shape index (κ1) is 28.3. The van der Waals surface area contributed by atoms with Crippen molar-refractivity contribution in [3.63, 3.8) is 0 Å². The Labute approximate surface area is 238 Å². The number of aryl methyl sites for hydroxylation is 3. The van der Waals surface area contributed by atoms with Crippen LogP contribution in [0.2, 0.25) is 0 Å². The standard InChI is InChI=1S/C30H31BrN4O3S/c1-20-6-13-29(16-21(20)2)34(39(5,37)38)19-24-7-9-25(10-8-24)30(36)33-32-18-26-17-22(3)35(23(26)4)28-14-11-27(31)12-15-28/h6-18H,19H2,1-5H3,(H,33,36)/b32-18-. The minimum Gasteiger partial charge on any atom is -0.318 e. The predicted octanol–water partition coefficient (Wildman–Crippen LogP) is 6.20. The highest BCUT2D eigenvalue weighted by Gasteiger charge is 2.19. The van der Waals surface area contributed by atoms with E-state index in [4.69, 9.17) is 0 Å². The molecule has 0 aliphatic heterocycles. The molecule has 1 aromatic heterocycles. The van der Waals surface area contributed by atoms with Crippen LogP contribution in [0.5, 0.6) is 0 Å². The van der Waals surface area contributed by atoms with Crippen molar-refractivity contribution in [3.8, 4) is 5.69 Å². The molecular formula is C30H31BrN4O3S. The fraction of sp³-hybridized carbons (Fsp3) is 0.200. The Kier molecular flexibility index (Phi) is 8.42. The third-order valence-electron chi connectivity index (χ3n) is 6.65. The highest BCUT2D eigenvalue weighted by Crippen LogP contribution is 2.24. The largest absolute Gasteiger partial charge is 0.318 e. The molecule has 0 spiro atoms. The van der Waals surface area contributed by atoms with Crippen LogP contribution in [0.15, 0.2) is 82.4 Å². The van der Waals surface area contributed by atoms with Gasteiger partial charge in [-0.2, -0.15) is 5.10 Å². The van der Waals surface area contributed by atoms with E-state index in [0.29, 0.717) is 11.3 Å². The molecule has 1 heterocycles. The molecule has 0 aliphatic rings. The number of hydrazone groups is 1. The maximum absolute atomic E-state index is 12.7. The molecule has 0 saturated heterocycles. The average Bonchev–Trinajstić information content (AvgIpc) is 3.17. The third kappa shape index (κ3) is 6.66. The van der Waals surface area contributed by atoms with Crippen LogP contribution in [0.4, 0.5) is 5.69 Å². The lowest BCUT2D eigenvalue weighted by Crippen LogP contribution is -2.29. The number of carbonyl (C=O) groups is 1. The number of hydrogen-bond donors (Lipinski definition) is 1. The molecule has 0 atom stereocenters. The van der Waals surface area contributed by atoms with Crippen LogP contribution >= 0.6 is 15.9 Å². The van der Waals surface area contributed by atoms with E-state index in [-0.39, 0.29) is 12.5 Å². The van der Waals surface area contributed by atoms with Gasteiger partial charge in [-0.15, -0.1) is 0 Å². The fourth-order valence-electron chi connectivity index (χ4n) is 4.34. The molecule has 4 rings (SSSR count). The lowest BCUT2D eigenvalue weighted by atomic mass is 10.1. The molecule has 9 heteroatoms. The van der Waals surface area contributed by atoms with Gasteiger partial charge in [0.15, 0.2) is 0 Å². The Bertz CT molecular complexity index is 1640. The van der Waals surface area contributed by atoms with Crippen LogP contribution < -0.4 is 9.73 Å². The zero-order chi connectivity index (χ0) is 28.3. The molecule has 0 unspecified atom stereocenters. The van der Waals surface area contributed by atoms with Crippen molar-refractivity contribution in [1.82, 2.24) is 9.99 Å². The molecule has 202 valence electrons. The third-order valence-corrected chi connectivity index (χ3v) is 8.32. The molecule has 1 amide bonds. The number of sulfonamides is 1. The summed E-state index contributed by atoms with van der Waals surface area (Å²) in [5.74, 6) is -0.353.